The summed E-state index contributed by atoms with van der Waals surface area (Å²) in [6.07, 6.45) is 19.3. The first-order valence-electron chi connectivity index (χ1n) is 11.2. The van der Waals surface area contributed by atoms with E-state index >= 15 is 0 Å². The summed E-state index contributed by atoms with van der Waals surface area (Å²) in [5, 5.41) is 16.8. The van der Waals surface area contributed by atoms with Crippen molar-refractivity contribution in [2.45, 2.75) is 71.1 Å². The fourth-order valence-electron chi connectivity index (χ4n) is 6.31. The van der Waals surface area contributed by atoms with Crippen molar-refractivity contribution in [1.82, 2.24) is 0 Å². The maximum Gasteiger partial charge on any atom is 0.306 e. The first-order chi connectivity index (χ1) is 14.0. The van der Waals surface area contributed by atoms with E-state index in [1.807, 2.05) is 0 Å². The van der Waals surface area contributed by atoms with Crippen LogP contribution >= 0.6 is 0 Å². The van der Waals surface area contributed by atoms with Crippen molar-refractivity contribution in [1.29, 1.82) is 0 Å². The molecule has 0 aromatic heterocycles. The van der Waals surface area contributed by atoms with Gasteiger partial charge in [-0.25, -0.2) is 0 Å². The Hall–Kier alpha value is -2.10. The summed E-state index contributed by atoms with van der Waals surface area (Å²) in [7, 11) is 0. The molecule has 0 saturated heterocycles. The van der Waals surface area contributed by atoms with Gasteiger partial charge in [0.15, 0.2) is 0 Å². The monoisotopic (exact) mass is 396 g/mol. The zero-order chi connectivity index (χ0) is 20.5. The fourth-order valence-corrected chi connectivity index (χ4v) is 6.31. The quantitative estimate of drug-likeness (QED) is 0.599. The Balaban J connectivity index is 0.000000472. The average molecular weight is 397 g/mol. The van der Waals surface area contributed by atoms with E-state index in [0.29, 0.717) is 18.3 Å². The predicted octanol–water partition coefficient (Wildman–Crippen LogP) is 5.67. The third-order valence-electron chi connectivity index (χ3n) is 7.54. The Labute approximate surface area is 173 Å². The number of hydrogen-bond acceptors (Lipinski definition) is 2. The third-order valence-corrected chi connectivity index (χ3v) is 7.54. The summed E-state index contributed by atoms with van der Waals surface area (Å²) in [4.78, 5) is 20.4. The summed E-state index contributed by atoms with van der Waals surface area (Å²) in [5.74, 6) is 0.394. The van der Waals surface area contributed by atoms with Gasteiger partial charge in [-0.1, -0.05) is 35.8 Å². The molecule has 4 unspecified atom stereocenters. The van der Waals surface area contributed by atoms with Gasteiger partial charge in [-0.15, -0.1) is 0 Å². The normalized spacial score (nSPS) is 32.7. The summed E-state index contributed by atoms with van der Waals surface area (Å²) in [6.45, 7) is 1.08. The highest BCUT2D eigenvalue weighted by Crippen LogP contribution is 2.52. The molecular formula is C25H32O4. The zero-order valence-corrected chi connectivity index (χ0v) is 17.3. The van der Waals surface area contributed by atoms with E-state index in [-0.39, 0.29) is 5.92 Å². The molecule has 156 valence electrons. The van der Waals surface area contributed by atoms with Crippen LogP contribution in [0.25, 0.3) is 0 Å². The molecule has 5 rings (SSSR count). The van der Waals surface area contributed by atoms with Crippen molar-refractivity contribution in [3.05, 3.63) is 46.1 Å². The number of carboxylic acid groups (broad SMARTS) is 2. The molecule has 5 aliphatic rings. The maximum absolute atomic E-state index is 11.4. The van der Waals surface area contributed by atoms with Crippen LogP contribution in [0.4, 0.5) is 0 Å². The van der Waals surface area contributed by atoms with Gasteiger partial charge in [0.25, 0.3) is 5.97 Å². The van der Waals surface area contributed by atoms with E-state index in [1.54, 1.807) is 16.7 Å². The molecule has 0 aliphatic heterocycles. The molecule has 0 spiro atoms. The maximum atomic E-state index is 11.4. The molecule has 4 nitrogen and oxygen atoms in total. The van der Waals surface area contributed by atoms with Gasteiger partial charge in [0.05, 0.1) is 5.92 Å². The molecule has 29 heavy (non-hydrogen) atoms. The highest BCUT2D eigenvalue weighted by molar-refractivity contribution is 5.71. The lowest BCUT2D eigenvalue weighted by Gasteiger charge is -2.43. The second-order valence-electron chi connectivity index (χ2n) is 9.25. The Morgan fingerprint density at radius 2 is 1.72 bits per heavy atom. The summed E-state index contributed by atoms with van der Waals surface area (Å²) >= 11 is 0. The SMILES string of the molecule is CC(=O)O.O=C(O)C1CC=C2C3=C(CCC2C1)C1CCC2CCCCC2=C1C=C3. The number of carboxylic acids is 2. The first kappa shape index (κ1) is 20.2. The van der Waals surface area contributed by atoms with Crippen molar-refractivity contribution in [3.8, 4) is 0 Å². The van der Waals surface area contributed by atoms with Crippen LogP contribution < -0.4 is 0 Å². The van der Waals surface area contributed by atoms with Gasteiger partial charge < -0.3 is 10.2 Å². The molecule has 1 fully saturated rings. The molecule has 0 heterocycles. The van der Waals surface area contributed by atoms with Crippen molar-refractivity contribution in [3.63, 3.8) is 0 Å². The van der Waals surface area contributed by atoms with Crippen LogP contribution in [0.2, 0.25) is 0 Å². The highest BCUT2D eigenvalue weighted by Gasteiger charge is 2.39. The number of carbonyl (C=O) groups is 2. The fraction of sp³-hybridized carbons (Fsp3) is 0.600. The second-order valence-corrected chi connectivity index (χ2v) is 9.25. The van der Waals surface area contributed by atoms with E-state index < -0.39 is 11.9 Å². The lowest BCUT2D eigenvalue weighted by Crippen LogP contribution is -2.30. The number of hydrogen-bond donors (Lipinski definition) is 2. The van der Waals surface area contributed by atoms with Gasteiger partial charge >= 0.3 is 5.97 Å². The average Bonchev–Trinajstić information content (AvgIpc) is 2.72. The molecule has 0 aromatic carbocycles. The Bertz CT molecular complexity index is 822. The second kappa shape index (κ2) is 8.33. The number of allylic oxidation sites excluding steroid dienone is 8. The van der Waals surface area contributed by atoms with Crippen LogP contribution in [0.5, 0.6) is 0 Å². The van der Waals surface area contributed by atoms with Crippen LogP contribution in [0.15, 0.2) is 46.1 Å². The topological polar surface area (TPSA) is 74.6 Å². The minimum absolute atomic E-state index is 0.168. The third kappa shape index (κ3) is 3.99. The highest BCUT2D eigenvalue weighted by atomic mass is 16.4. The van der Waals surface area contributed by atoms with Crippen molar-refractivity contribution < 1.29 is 19.8 Å². The number of fused-ring (bicyclic) bond motifs is 5. The smallest absolute Gasteiger partial charge is 0.306 e. The molecule has 0 radical (unpaired) electrons. The molecule has 1 saturated carbocycles. The predicted molar refractivity (Wildman–Crippen MR) is 112 cm³/mol. The van der Waals surface area contributed by atoms with Crippen LogP contribution in [0.3, 0.4) is 0 Å². The minimum atomic E-state index is -0.833. The van der Waals surface area contributed by atoms with Crippen LogP contribution in [0.1, 0.15) is 71.1 Å². The van der Waals surface area contributed by atoms with Crippen LogP contribution in [0, 0.1) is 23.7 Å². The number of aliphatic carboxylic acids is 2. The lowest BCUT2D eigenvalue weighted by atomic mass is 9.62. The molecule has 4 atom stereocenters. The molecule has 5 aliphatic carbocycles. The molecular weight excluding hydrogens is 364 g/mol. The Morgan fingerprint density at radius 1 is 0.931 bits per heavy atom. The molecule has 0 aromatic rings. The van der Waals surface area contributed by atoms with Gasteiger partial charge in [-0.2, -0.15) is 0 Å². The van der Waals surface area contributed by atoms with Gasteiger partial charge in [0.1, 0.15) is 0 Å². The number of rotatable bonds is 1. The molecule has 2 N–H and O–H groups in total. The Morgan fingerprint density at radius 3 is 2.48 bits per heavy atom. The van der Waals surface area contributed by atoms with Crippen molar-refractivity contribution in [2.75, 3.05) is 0 Å². The van der Waals surface area contributed by atoms with Crippen LogP contribution in [-0.2, 0) is 9.59 Å². The largest absolute Gasteiger partial charge is 0.481 e. The molecule has 0 amide bonds. The van der Waals surface area contributed by atoms with E-state index in [2.05, 4.69) is 18.2 Å². The van der Waals surface area contributed by atoms with Gasteiger partial charge in [-0.05, 0) is 86.3 Å². The van der Waals surface area contributed by atoms with Crippen molar-refractivity contribution >= 4 is 11.9 Å². The molecule has 4 heteroatoms. The minimum Gasteiger partial charge on any atom is -0.481 e. The first-order valence-corrected chi connectivity index (χ1v) is 11.2. The van der Waals surface area contributed by atoms with E-state index in [0.717, 1.165) is 25.7 Å². The van der Waals surface area contributed by atoms with Gasteiger partial charge in [-0.3, -0.25) is 9.59 Å². The van der Waals surface area contributed by atoms with E-state index in [4.69, 9.17) is 9.90 Å². The summed E-state index contributed by atoms with van der Waals surface area (Å²) in [6, 6.07) is 0. The van der Waals surface area contributed by atoms with Gasteiger partial charge in [0.2, 0.25) is 0 Å². The van der Waals surface area contributed by atoms with Crippen molar-refractivity contribution in [2.24, 2.45) is 23.7 Å². The lowest BCUT2D eigenvalue weighted by molar-refractivity contribution is -0.142. The van der Waals surface area contributed by atoms with E-state index in [1.165, 1.54) is 56.1 Å². The van der Waals surface area contributed by atoms with Gasteiger partial charge in [0, 0.05) is 12.8 Å². The summed E-state index contributed by atoms with van der Waals surface area (Å²) < 4.78 is 0. The standard InChI is InChI=1S/C23H28O2.C2H4O2/c24-23(25)16-7-8-18-15(13-16)6-10-22-20(18)12-11-19-17-4-2-1-3-14(17)5-9-21(19)22;1-2(3)4/h8,11-12,14-16,21H,1-7,9-10,13H2,(H,24,25);1H3,(H,3,4). The zero-order valence-electron chi connectivity index (χ0n) is 17.3. The molecule has 0 bridgehead atoms. The Kier molecular flexibility index (Phi) is 5.80. The van der Waals surface area contributed by atoms with E-state index in [9.17, 15) is 9.90 Å². The van der Waals surface area contributed by atoms with Crippen LogP contribution in [-0.4, -0.2) is 22.2 Å². The summed E-state index contributed by atoms with van der Waals surface area (Å²) in [5.41, 5.74) is 8.11.